The largest absolute Gasteiger partial charge is 0.461 e. The lowest BCUT2D eigenvalue weighted by molar-refractivity contribution is 0.0518. The minimum Gasteiger partial charge on any atom is -0.461 e. The molecule has 1 aromatic heterocycles. The van der Waals surface area contributed by atoms with E-state index in [4.69, 9.17) is 4.74 Å². The lowest BCUT2D eigenvalue weighted by Gasteiger charge is -2.12. The fraction of sp³-hybridized carbons (Fsp3) is 0.625. The molecular weight excluding hydrogens is 202 g/mol. The third-order valence-electron chi connectivity index (χ3n) is 1.99. The summed E-state index contributed by atoms with van der Waals surface area (Å²) in [5.41, 5.74) is 1.26. The quantitative estimate of drug-likeness (QED) is 0.677. The Hall–Kier alpha value is -1.04. The highest BCUT2D eigenvalue weighted by Gasteiger charge is 2.22. The zero-order chi connectivity index (χ0) is 9.97. The van der Waals surface area contributed by atoms with Gasteiger partial charge in [-0.25, -0.2) is 9.48 Å². The van der Waals surface area contributed by atoms with E-state index in [0.717, 1.165) is 23.7 Å². The van der Waals surface area contributed by atoms with Gasteiger partial charge in [-0.2, -0.15) is 11.8 Å². The number of esters is 1. The van der Waals surface area contributed by atoms with Gasteiger partial charge in [0.1, 0.15) is 0 Å². The van der Waals surface area contributed by atoms with Crippen molar-refractivity contribution in [1.82, 2.24) is 15.0 Å². The van der Waals surface area contributed by atoms with Crippen molar-refractivity contribution in [3.05, 3.63) is 11.4 Å². The summed E-state index contributed by atoms with van der Waals surface area (Å²) in [5, 5.41) is 7.75. The maximum Gasteiger partial charge on any atom is 0.360 e. The number of carbonyl (C=O) groups excluding carboxylic acids is 1. The van der Waals surface area contributed by atoms with Crippen LogP contribution in [0.25, 0.3) is 0 Å². The number of fused-ring (bicyclic) bond motifs is 1. The summed E-state index contributed by atoms with van der Waals surface area (Å²) in [6.45, 7) is 2.98. The van der Waals surface area contributed by atoms with E-state index in [-0.39, 0.29) is 5.97 Å². The second-order valence-corrected chi connectivity index (χ2v) is 3.99. The number of thioether (sulfide) groups is 1. The Kier molecular flexibility index (Phi) is 2.72. The van der Waals surface area contributed by atoms with Crippen molar-refractivity contribution < 1.29 is 9.53 Å². The maximum atomic E-state index is 11.4. The molecule has 0 atom stereocenters. The van der Waals surface area contributed by atoms with E-state index in [1.165, 1.54) is 0 Å². The maximum absolute atomic E-state index is 11.4. The topological polar surface area (TPSA) is 57.0 Å². The van der Waals surface area contributed by atoms with E-state index in [2.05, 4.69) is 10.3 Å². The van der Waals surface area contributed by atoms with Crippen LogP contribution in [0.4, 0.5) is 0 Å². The highest BCUT2D eigenvalue weighted by atomic mass is 32.2. The van der Waals surface area contributed by atoms with Crippen LogP contribution in [0, 0.1) is 0 Å². The number of rotatable bonds is 2. The molecule has 6 heteroatoms. The fourth-order valence-electron chi connectivity index (χ4n) is 1.33. The molecule has 1 aliphatic heterocycles. The van der Waals surface area contributed by atoms with Gasteiger partial charge in [-0.05, 0) is 6.92 Å². The SMILES string of the molecule is CCOC(=O)c1nnn2c1CSCC2. The van der Waals surface area contributed by atoms with E-state index in [1.54, 1.807) is 23.4 Å². The van der Waals surface area contributed by atoms with Gasteiger partial charge in [-0.15, -0.1) is 5.10 Å². The second-order valence-electron chi connectivity index (χ2n) is 2.88. The van der Waals surface area contributed by atoms with Crippen LogP contribution in [0.2, 0.25) is 0 Å². The molecule has 0 bridgehead atoms. The first kappa shape index (κ1) is 9.51. The Morgan fingerprint density at radius 1 is 1.71 bits per heavy atom. The van der Waals surface area contributed by atoms with Gasteiger partial charge >= 0.3 is 5.97 Å². The Morgan fingerprint density at radius 3 is 3.36 bits per heavy atom. The molecule has 0 amide bonds. The normalized spacial score (nSPS) is 14.9. The van der Waals surface area contributed by atoms with Crippen molar-refractivity contribution in [3.63, 3.8) is 0 Å². The molecule has 1 aliphatic rings. The number of hydrogen-bond acceptors (Lipinski definition) is 5. The predicted octanol–water partition coefficient (Wildman–Crippen LogP) is 0.702. The van der Waals surface area contributed by atoms with E-state index in [1.807, 2.05) is 0 Å². The van der Waals surface area contributed by atoms with Crippen LogP contribution in [0.3, 0.4) is 0 Å². The van der Waals surface area contributed by atoms with Gasteiger partial charge in [-0.3, -0.25) is 0 Å². The number of hydrogen-bond donors (Lipinski definition) is 0. The average molecular weight is 213 g/mol. The standard InChI is InChI=1S/C8H11N3O2S/c1-2-13-8(12)7-6-5-14-4-3-11(6)10-9-7/h2-5H2,1H3. The molecule has 0 radical (unpaired) electrons. The molecule has 2 heterocycles. The molecule has 0 saturated heterocycles. The van der Waals surface area contributed by atoms with E-state index >= 15 is 0 Å². The van der Waals surface area contributed by atoms with Crippen LogP contribution >= 0.6 is 11.8 Å². The molecule has 0 aliphatic carbocycles. The van der Waals surface area contributed by atoms with Crippen molar-refractivity contribution in [3.8, 4) is 0 Å². The van der Waals surface area contributed by atoms with Crippen LogP contribution in [0.5, 0.6) is 0 Å². The first-order valence-electron chi connectivity index (χ1n) is 4.50. The van der Waals surface area contributed by atoms with Crippen molar-refractivity contribution >= 4 is 17.7 Å². The summed E-state index contributed by atoms with van der Waals surface area (Å²) in [7, 11) is 0. The number of aryl methyl sites for hydroxylation is 1. The van der Waals surface area contributed by atoms with Gasteiger partial charge in [0.2, 0.25) is 0 Å². The van der Waals surface area contributed by atoms with Crippen LogP contribution in [-0.4, -0.2) is 33.3 Å². The van der Waals surface area contributed by atoms with Crippen LogP contribution in [0.15, 0.2) is 0 Å². The molecular formula is C8H11N3O2S. The van der Waals surface area contributed by atoms with Crippen molar-refractivity contribution in [1.29, 1.82) is 0 Å². The van der Waals surface area contributed by atoms with Crippen molar-refractivity contribution in [2.45, 2.75) is 19.2 Å². The molecule has 0 N–H and O–H groups in total. The monoisotopic (exact) mass is 213 g/mol. The zero-order valence-electron chi connectivity index (χ0n) is 7.89. The molecule has 0 spiro atoms. The first-order valence-corrected chi connectivity index (χ1v) is 5.65. The zero-order valence-corrected chi connectivity index (χ0v) is 8.71. The number of carbonyl (C=O) groups is 1. The summed E-state index contributed by atoms with van der Waals surface area (Å²) in [6, 6.07) is 0. The first-order chi connectivity index (χ1) is 6.83. The van der Waals surface area contributed by atoms with Crippen molar-refractivity contribution in [2.24, 2.45) is 0 Å². The number of aromatic nitrogens is 3. The number of ether oxygens (including phenoxy) is 1. The van der Waals surface area contributed by atoms with Gasteiger partial charge in [0.15, 0.2) is 5.69 Å². The highest BCUT2D eigenvalue weighted by Crippen LogP contribution is 2.20. The molecule has 76 valence electrons. The molecule has 0 saturated carbocycles. The predicted molar refractivity (Wildman–Crippen MR) is 52.1 cm³/mol. The van der Waals surface area contributed by atoms with Crippen LogP contribution in [0.1, 0.15) is 23.1 Å². The minimum atomic E-state index is -0.365. The summed E-state index contributed by atoms with van der Waals surface area (Å²) >= 11 is 1.78. The molecule has 0 unspecified atom stereocenters. The highest BCUT2D eigenvalue weighted by molar-refractivity contribution is 7.98. The third kappa shape index (κ3) is 1.61. The number of nitrogens with zero attached hydrogens (tertiary/aromatic N) is 3. The molecule has 2 rings (SSSR count). The fourth-order valence-corrected chi connectivity index (χ4v) is 2.26. The van der Waals surface area contributed by atoms with Gasteiger partial charge in [0.25, 0.3) is 0 Å². The molecule has 0 fully saturated rings. The Labute approximate surface area is 85.8 Å². The van der Waals surface area contributed by atoms with Gasteiger partial charge in [0, 0.05) is 11.5 Å². The molecule has 5 nitrogen and oxygen atoms in total. The van der Waals surface area contributed by atoms with Gasteiger partial charge in [0.05, 0.1) is 18.8 Å². The third-order valence-corrected chi connectivity index (χ3v) is 2.94. The van der Waals surface area contributed by atoms with Gasteiger partial charge in [-0.1, -0.05) is 5.21 Å². The Morgan fingerprint density at radius 2 is 2.57 bits per heavy atom. The van der Waals surface area contributed by atoms with Crippen LogP contribution < -0.4 is 0 Å². The van der Waals surface area contributed by atoms with E-state index < -0.39 is 0 Å². The Bertz CT molecular complexity index is 350. The minimum absolute atomic E-state index is 0.365. The summed E-state index contributed by atoms with van der Waals surface area (Å²) < 4.78 is 6.67. The van der Waals surface area contributed by atoms with Gasteiger partial charge < -0.3 is 4.74 Å². The second kappa shape index (κ2) is 4.00. The molecule has 14 heavy (non-hydrogen) atoms. The van der Waals surface area contributed by atoms with Crippen molar-refractivity contribution in [2.75, 3.05) is 12.4 Å². The Balaban J connectivity index is 2.25. The summed E-state index contributed by atoms with van der Waals surface area (Å²) in [6.07, 6.45) is 0. The molecule has 0 aromatic carbocycles. The summed E-state index contributed by atoms with van der Waals surface area (Å²) in [5.74, 6) is 1.45. The lowest BCUT2D eigenvalue weighted by atomic mass is 10.3. The van der Waals surface area contributed by atoms with Crippen LogP contribution in [-0.2, 0) is 17.0 Å². The lowest BCUT2D eigenvalue weighted by Crippen LogP contribution is -2.14. The molecule has 1 aromatic rings. The summed E-state index contributed by atoms with van der Waals surface area (Å²) in [4.78, 5) is 11.4. The van der Waals surface area contributed by atoms with E-state index in [0.29, 0.717) is 12.3 Å². The smallest absolute Gasteiger partial charge is 0.360 e. The average Bonchev–Trinajstić information content (AvgIpc) is 2.61. The van der Waals surface area contributed by atoms with E-state index in [9.17, 15) is 4.79 Å².